The van der Waals surface area contributed by atoms with Crippen LogP contribution in [0.4, 0.5) is 5.82 Å². The third kappa shape index (κ3) is 2.34. The summed E-state index contributed by atoms with van der Waals surface area (Å²) in [5.74, 6) is 2.50. The second-order valence-corrected chi connectivity index (χ2v) is 5.89. The minimum atomic E-state index is 0.171. The normalized spacial score (nSPS) is 17.4. The number of fused-ring (bicyclic) bond motifs is 1. The Morgan fingerprint density at radius 3 is 2.95 bits per heavy atom. The van der Waals surface area contributed by atoms with Crippen LogP contribution in [0.25, 0.3) is 0 Å². The van der Waals surface area contributed by atoms with Gasteiger partial charge in [0.2, 0.25) is 0 Å². The van der Waals surface area contributed by atoms with Crippen molar-refractivity contribution in [3.05, 3.63) is 44.9 Å². The van der Waals surface area contributed by atoms with Gasteiger partial charge >= 0.3 is 0 Å². The van der Waals surface area contributed by atoms with Gasteiger partial charge in [0.05, 0.1) is 21.8 Å². The lowest BCUT2D eigenvalue weighted by Crippen LogP contribution is -2.19. The van der Waals surface area contributed by atoms with E-state index in [-0.39, 0.29) is 5.92 Å². The highest BCUT2D eigenvalue weighted by Gasteiger charge is 2.26. The molecular formula is C15H16IN3O. The molecule has 0 fully saturated rings. The van der Waals surface area contributed by atoms with Gasteiger partial charge in [0, 0.05) is 5.56 Å². The summed E-state index contributed by atoms with van der Waals surface area (Å²) in [6.07, 6.45) is 1.75. The first-order valence-corrected chi connectivity index (χ1v) is 7.82. The van der Waals surface area contributed by atoms with Crippen LogP contribution in [0.2, 0.25) is 0 Å². The van der Waals surface area contributed by atoms with Crippen molar-refractivity contribution in [3.8, 4) is 5.75 Å². The van der Waals surface area contributed by atoms with E-state index >= 15 is 0 Å². The largest absolute Gasteiger partial charge is 0.493 e. The molecule has 2 N–H and O–H groups in total. The van der Waals surface area contributed by atoms with Gasteiger partial charge < -0.3 is 10.5 Å². The molecule has 1 aliphatic heterocycles. The zero-order chi connectivity index (χ0) is 14.1. The quantitative estimate of drug-likeness (QED) is 0.812. The van der Waals surface area contributed by atoms with Crippen LogP contribution in [0.15, 0.2) is 24.3 Å². The maximum Gasteiger partial charge on any atom is 0.140 e. The average Bonchev–Trinajstić information content (AvgIpc) is 2.49. The Morgan fingerprint density at radius 1 is 1.35 bits per heavy atom. The summed E-state index contributed by atoms with van der Waals surface area (Å²) in [5, 5.41) is 0. The molecule has 0 saturated heterocycles. The number of nitrogen functional groups attached to an aromatic ring is 1. The van der Waals surface area contributed by atoms with Crippen molar-refractivity contribution in [2.75, 3.05) is 12.3 Å². The SMILES string of the molecule is CCc1nc(C2CCOc3ccccc32)nc(N)c1I. The maximum atomic E-state index is 6.03. The fourth-order valence-electron chi connectivity index (χ4n) is 2.53. The first-order chi connectivity index (χ1) is 9.70. The molecule has 1 atom stereocenters. The third-order valence-electron chi connectivity index (χ3n) is 3.57. The van der Waals surface area contributed by atoms with Gasteiger partial charge in [-0.1, -0.05) is 25.1 Å². The molecule has 5 heteroatoms. The van der Waals surface area contributed by atoms with Gasteiger partial charge in [-0.15, -0.1) is 0 Å². The van der Waals surface area contributed by atoms with Crippen molar-refractivity contribution in [2.24, 2.45) is 0 Å². The van der Waals surface area contributed by atoms with Crippen LogP contribution in [0, 0.1) is 3.57 Å². The zero-order valence-corrected chi connectivity index (χ0v) is 13.4. The van der Waals surface area contributed by atoms with Crippen molar-refractivity contribution >= 4 is 28.4 Å². The number of aromatic nitrogens is 2. The molecule has 1 aliphatic rings. The Morgan fingerprint density at radius 2 is 2.15 bits per heavy atom. The topological polar surface area (TPSA) is 61.0 Å². The minimum Gasteiger partial charge on any atom is -0.493 e. The predicted molar refractivity (Wildman–Crippen MR) is 86.9 cm³/mol. The molecule has 104 valence electrons. The van der Waals surface area contributed by atoms with Gasteiger partial charge in [0.15, 0.2) is 0 Å². The predicted octanol–water partition coefficient (Wildman–Crippen LogP) is 3.14. The smallest absolute Gasteiger partial charge is 0.140 e. The summed E-state index contributed by atoms with van der Waals surface area (Å²) in [5.41, 5.74) is 8.21. The van der Waals surface area contributed by atoms with Gasteiger partial charge in [-0.05, 0) is 41.5 Å². The number of para-hydroxylation sites is 1. The number of hydrogen-bond acceptors (Lipinski definition) is 4. The van der Waals surface area contributed by atoms with Crippen molar-refractivity contribution in [1.29, 1.82) is 0 Å². The molecule has 0 bridgehead atoms. The lowest BCUT2D eigenvalue weighted by molar-refractivity contribution is 0.274. The summed E-state index contributed by atoms with van der Waals surface area (Å²) >= 11 is 2.22. The standard InChI is InChI=1S/C15H16IN3O/c1-2-11-13(16)14(17)19-15(18-11)10-7-8-20-12-6-4-3-5-9(10)12/h3-6,10H,2,7-8H2,1H3,(H2,17,18,19). The number of rotatable bonds is 2. The highest BCUT2D eigenvalue weighted by Crippen LogP contribution is 2.37. The Hall–Kier alpha value is -1.37. The summed E-state index contributed by atoms with van der Waals surface area (Å²) in [4.78, 5) is 9.23. The Labute approximate surface area is 131 Å². The Bertz CT molecular complexity index is 645. The zero-order valence-electron chi connectivity index (χ0n) is 11.3. The fraction of sp³-hybridized carbons (Fsp3) is 0.333. The van der Waals surface area contributed by atoms with E-state index in [2.05, 4.69) is 40.6 Å². The monoisotopic (exact) mass is 381 g/mol. The van der Waals surface area contributed by atoms with Crippen molar-refractivity contribution < 1.29 is 4.74 Å². The molecule has 2 aromatic rings. The first-order valence-electron chi connectivity index (χ1n) is 6.74. The number of aryl methyl sites for hydroxylation is 1. The van der Waals surface area contributed by atoms with E-state index in [1.165, 1.54) is 0 Å². The number of nitrogens with two attached hydrogens (primary N) is 1. The molecule has 3 rings (SSSR count). The molecule has 0 aliphatic carbocycles. The van der Waals surface area contributed by atoms with Crippen LogP contribution in [0.5, 0.6) is 5.75 Å². The second kappa shape index (κ2) is 5.55. The second-order valence-electron chi connectivity index (χ2n) is 4.81. The van der Waals surface area contributed by atoms with E-state index in [1.54, 1.807) is 0 Å². The lowest BCUT2D eigenvalue weighted by atomic mass is 9.92. The lowest BCUT2D eigenvalue weighted by Gasteiger charge is -2.25. The van der Waals surface area contributed by atoms with E-state index in [1.807, 2.05) is 18.2 Å². The van der Waals surface area contributed by atoms with Crippen LogP contribution in [0.3, 0.4) is 0 Å². The molecule has 1 aromatic heterocycles. The number of anilines is 1. The molecule has 0 amide bonds. The molecule has 0 radical (unpaired) electrons. The minimum absolute atomic E-state index is 0.171. The number of nitrogens with zero attached hydrogens (tertiary/aromatic N) is 2. The van der Waals surface area contributed by atoms with Gasteiger partial charge in [-0.3, -0.25) is 0 Å². The highest BCUT2D eigenvalue weighted by molar-refractivity contribution is 14.1. The summed E-state index contributed by atoms with van der Waals surface area (Å²) < 4.78 is 6.66. The fourth-order valence-corrected chi connectivity index (χ4v) is 3.16. The summed E-state index contributed by atoms with van der Waals surface area (Å²) in [6.45, 7) is 2.78. The average molecular weight is 381 g/mol. The van der Waals surface area contributed by atoms with Crippen LogP contribution in [0.1, 0.15) is 36.3 Å². The number of ether oxygens (including phenoxy) is 1. The van der Waals surface area contributed by atoms with Crippen LogP contribution in [-0.2, 0) is 6.42 Å². The van der Waals surface area contributed by atoms with E-state index in [9.17, 15) is 0 Å². The molecular weight excluding hydrogens is 365 g/mol. The van der Waals surface area contributed by atoms with Gasteiger partial charge in [0.1, 0.15) is 17.4 Å². The summed E-state index contributed by atoms with van der Waals surface area (Å²) in [6, 6.07) is 8.10. The number of halogens is 1. The van der Waals surface area contributed by atoms with Crippen molar-refractivity contribution in [2.45, 2.75) is 25.7 Å². The van der Waals surface area contributed by atoms with Crippen molar-refractivity contribution in [3.63, 3.8) is 0 Å². The molecule has 2 heterocycles. The first kappa shape index (κ1) is 13.6. The summed E-state index contributed by atoms with van der Waals surface area (Å²) in [7, 11) is 0. The number of benzene rings is 1. The highest BCUT2D eigenvalue weighted by atomic mass is 127. The molecule has 4 nitrogen and oxygen atoms in total. The van der Waals surface area contributed by atoms with Gasteiger partial charge in [-0.2, -0.15) is 0 Å². The molecule has 1 aromatic carbocycles. The van der Waals surface area contributed by atoms with E-state index in [4.69, 9.17) is 15.5 Å². The van der Waals surface area contributed by atoms with Crippen LogP contribution < -0.4 is 10.5 Å². The molecule has 1 unspecified atom stereocenters. The van der Waals surface area contributed by atoms with E-state index in [0.717, 1.165) is 39.2 Å². The molecule has 0 spiro atoms. The molecule has 0 saturated carbocycles. The third-order valence-corrected chi connectivity index (χ3v) is 4.74. The van der Waals surface area contributed by atoms with Gasteiger partial charge in [0.25, 0.3) is 0 Å². The van der Waals surface area contributed by atoms with Crippen LogP contribution >= 0.6 is 22.6 Å². The van der Waals surface area contributed by atoms with Gasteiger partial charge in [-0.25, -0.2) is 9.97 Å². The number of hydrogen-bond donors (Lipinski definition) is 1. The molecule has 20 heavy (non-hydrogen) atoms. The van der Waals surface area contributed by atoms with Crippen molar-refractivity contribution in [1.82, 2.24) is 9.97 Å². The Balaban J connectivity index is 2.09. The maximum absolute atomic E-state index is 6.03. The van der Waals surface area contributed by atoms with E-state index < -0.39 is 0 Å². The van der Waals surface area contributed by atoms with E-state index in [0.29, 0.717) is 12.4 Å². The Kier molecular flexibility index (Phi) is 3.78. The van der Waals surface area contributed by atoms with Crippen LogP contribution in [-0.4, -0.2) is 16.6 Å².